The van der Waals surface area contributed by atoms with Crippen LogP contribution in [0.5, 0.6) is 11.5 Å². The summed E-state index contributed by atoms with van der Waals surface area (Å²) < 4.78 is 13.6. The molecular formula is C34H40N2O2S. The maximum absolute atomic E-state index is 6.15. The zero-order valence-electron chi connectivity index (χ0n) is 23.1. The van der Waals surface area contributed by atoms with E-state index in [1.807, 2.05) is 11.3 Å². The lowest BCUT2D eigenvalue weighted by atomic mass is 9.99. The molecule has 0 unspecified atom stereocenters. The first-order valence-electron chi connectivity index (χ1n) is 14.6. The van der Waals surface area contributed by atoms with Gasteiger partial charge >= 0.3 is 0 Å². The number of nitrogens with zero attached hydrogens (tertiary/aromatic N) is 2. The Balaban J connectivity index is 1.13. The van der Waals surface area contributed by atoms with Crippen LogP contribution in [-0.4, -0.2) is 61.8 Å². The maximum Gasteiger partial charge on any atom is 0.119 e. The zero-order chi connectivity index (χ0) is 26.4. The van der Waals surface area contributed by atoms with Gasteiger partial charge in [0, 0.05) is 22.2 Å². The van der Waals surface area contributed by atoms with E-state index in [0.29, 0.717) is 6.04 Å². The predicted molar refractivity (Wildman–Crippen MR) is 163 cm³/mol. The van der Waals surface area contributed by atoms with Crippen molar-refractivity contribution in [1.82, 2.24) is 9.80 Å². The fraction of sp³-hybridized carbons (Fsp3) is 0.412. The smallest absolute Gasteiger partial charge is 0.119 e. The molecule has 4 nitrogen and oxygen atoms in total. The normalized spacial score (nSPS) is 17.2. The van der Waals surface area contributed by atoms with Gasteiger partial charge in [-0.3, -0.25) is 9.80 Å². The van der Waals surface area contributed by atoms with E-state index in [-0.39, 0.29) is 0 Å². The molecule has 1 aromatic heterocycles. The SMILES string of the molecule is C[C@H](COc1ccc(Cc2c(-c3ccc(OCCN4CCCC4)cc3)sc3ccccc23)cc1)N1CCCC1. The fourth-order valence-electron chi connectivity index (χ4n) is 5.92. The van der Waals surface area contributed by atoms with Crippen LogP contribution in [0.4, 0.5) is 0 Å². The number of hydrogen-bond donors (Lipinski definition) is 0. The third kappa shape index (κ3) is 6.49. The molecule has 0 amide bonds. The molecule has 2 aliphatic heterocycles. The highest BCUT2D eigenvalue weighted by atomic mass is 32.1. The van der Waals surface area contributed by atoms with Crippen LogP contribution in [0.25, 0.3) is 20.5 Å². The van der Waals surface area contributed by atoms with Crippen molar-refractivity contribution in [2.24, 2.45) is 0 Å². The minimum absolute atomic E-state index is 0.466. The van der Waals surface area contributed by atoms with Crippen LogP contribution in [0.2, 0.25) is 0 Å². The van der Waals surface area contributed by atoms with Gasteiger partial charge in [0.2, 0.25) is 0 Å². The standard InChI is InChI=1S/C34H40N2O2S/c1-26(36-20-6-7-21-36)25-38-30-14-10-27(11-15-30)24-32-31-8-2-3-9-33(31)39-34(32)28-12-16-29(17-13-28)37-23-22-35-18-4-5-19-35/h2-3,8-17,26H,4-7,18-25H2,1H3/t26-/m1/s1. The summed E-state index contributed by atoms with van der Waals surface area (Å²) in [7, 11) is 0. The molecule has 0 bridgehead atoms. The lowest BCUT2D eigenvalue weighted by molar-refractivity contribution is 0.172. The first-order chi connectivity index (χ1) is 19.2. The van der Waals surface area contributed by atoms with Gasteiger partial charge in [-0.15, -0.1) is 11.3 Å². The van der Waals surface area contributed by atoms with Crippen molar-refractivity contribution in [3.05, 3.63) is 83.9 Å². The quantitative estimate of drug-likeness (QED) is 0.197. The van der Waals surface area contributed by atoms with Gasteiger partial charge in [0.25, 0.3) is 0 Å². The molecular weight excluding hydrogens is 500 g/mol. The number of fused-ring (bicyclic) bond motifs is 1. The first-order valence-corrected chi connectivity index (χ1v) is 15.5. The number of likely N-dealkylation sites (tertiary alicyclic amines) is 2. The van der Waals surface area contributed by atoms with E-state index in [9.17, 15) is 0 Å². The van der Waals surface area contributed by atoms with Crippen LogP contribution in [-0.2, 0) is 6.42 Å². The molecule has 3 aromatic carbocycles. The molecule has 39 heavy (non-hydrogen) atoms. The Morgan fingerprint density at radius 1 is 0.769 bits per heavy atom. The van der Waals surface area contributed by atoms with Gasteiger partial charge in [0.1, 0.15) is 24.7 Å². The van der Waals surface area contributed by atoms with Crippen LogP contribution in [0.3, 0.4) is 0 Å². The second-order valence-corrected chi connectivity index (χ2v) is 12.1. The predicted octanol–water partition coefficient (Wildman–Crippen LogP) is 7.50. The Kier molecular flexibility index (Phi) is 8.48. The highest BCUT2D eigenvalue weighted by Gasteiger charge is 2.19. The van der Waals surface area contributed by atoms with Gasteiger partial charge < -0.3 is 9.47 Å². The minimum atomic E-state index is 0.466. The number of thiophene rings is 1. The summed E-state index contributed by atoms with van der Waals surface area (Å²) in [6.45, 7) is 9.62. The van der Waals surface area contributed by atoms with Crippen molar-refractivity contribution >= 4 is 21.4 Å². The lowest BCUT2D eigenvalue weighted by Gasteiger charge is -2.23. The Labute approximate surface area is 237 Å². The highest BCUT2D eigenvalue weighted by Crippen LogP contribution is 2.40. The van der Waals surface area contributed by atoms with E-state index in [1.165, 1.54) is 83.5 Å². The van der Waals surface area contributed by atoms with E-state index in [2.05, 4.69) is 89.5 Å². The molecule has 0 radical (unpaired) electrons. The molecule has 4 aromatic rings. The monoisotopic (exact) mass is 540 g/mol. The van der Waals surface area contributed by atoms with Gasteiger partial charge in [-0.2, -0.15) is 0 Å². The number of rotatable bonds is 11. The van der Waals surface area contributed by atoms with Crippen LogP contribution in [0.15, 0.2) is 72.8 Å². The van der Waals surface area contributed by atoms with Crippen molar-refractivity contribution in [3.8, 4) is 21.9 Å². The third-order valence-corrected chi connectivity index (χ3v) is 9.51. The largest absolute Gasteiger partial charge is 0.492 e. The summed E-state index contributed by atoms with van der Waals surface area (Å²) in [6.07, 6.45) is 6.17. The van der Waals surface area contributed by atoms with Gasteiger partial charge in [-0.1, -0.05) is 30.3 Å². The second kappa shape index (κ2) is 12.5. The highest BCUT2D eigenvalue weighted by molar-refractivity contribution is 7.22. The van der Waals surface area contributed by atoms with Crippen molar-refractivity contribution < 1.29 is 9.47 Å². The molecule has 2 fully saturated rings. The fourth-order valence-corrected chi connectivity index (χ4v) is 7.15. The molecule has 6 rings (SSSR count). The Morgan fingerprint density at radius 3 is 2.21 bits per heavy atom. The first kappa shape index (κ1) is 26.4. The number of ether oxygens (including phenoxy) is 2. The second-order valence-electron chi connectivity index (χ2n) is 11.1. The van der Waals surface area contributed by atoms with Gasteiger partial charge in [-0.05, 0) is 130 Å². The van der Waals surface area contributed by atoms with E-state index in [4.69, 9.17) is 9.47 Å². The van der Waals surface area contributed by atoms with Crippen LogP contribution >= 0.6 is 11.3 Å². The van der Waals surface area contributed by atoms with E-state index < -0.39 is 0 Å². The Bertz CT molecular complexity index is 1340. The summed E-state index contributed by atoms with van der Waals surface area (Å²) in [5, 5.41) is 1.35. The lowest BCUT2D eigenvalue weighted by Crippen LogP contribution is -2.34. The topological polar surface area (TPSA) is 24.9 Å². The summed E-state index contributed by atoms with van der Waals surface area (Å²) in [4.78, 5) is 6.37. The van der Waals surface area contributed by atoms with Crippen LogP contribution in [0, 0.1) is 0 Å². The molecule has 1 atom stereocenters. The molecule has 5 heteroatoms. The minimum Gasteiger partial charge on any atom is -0.492 e. The summed E-state index contributed by atoms with van der Waals surface area (Å²) >= 11 is 1.89. The summed E-state index contributed by atoms with van der Waals surface area (Å²) in [5.41, 5.74) is 3.96. The molecule has 0 aliphatic carbocycles. The zero-order valence-corrected chi connectivity index (χ0v) is 23.9. The summed E-state index contributed by atoms with van der Waals surface area (Å²) in [6, 6.07) is 26.7. The molecule has 0 saturated carbocycles. The number of hydrogen-bond acceptors (Lipinski definition) is 5. The average molecular weight is 541 g/mol. The maximum atomic E-state index is 6.15. The van der Waals surface area contributed by atoms with Crippen LogP contribution in [0.1, 0.15) is 43.7 Å². The molecule has 3 heterocycles. The molecule has 204 valence electrons. The number of benzene rings is 3. The van der Waals surface area contributed by atoms with Gasteiger partial charge in [0.05, 0.1) is 0 Å². The van der Waals surface area contributed by atoms with Crippen molar-refractivity contribution in [3.63, 3.8) is 0 Å². The van der Waals surface area contributed by atoms with Gasteiger partial charge in [0.15, 0.2) is 0 Å². The molecule has 0 spiro atoms. The Hall–Kier alpha value is -2.86. The molecule has 2 saturated heterocycles. The van der Waals surface area contributed by atoms with Crippen molar-refractivity contribution in [1.29, 1.82) is 0 Å². The van der Waals surface area contributed by atoms with Crippen molar-refractivity contribution in [2.45, 2.75) is 45.1 Å². The van der Waals surface area contributed by atoms with E-state index in [1.54, 1.807) is 0 Å². The molecule has 2 aliphatic rings. The third-order valence-electron chi connectivity index (χ3n) is 8.25. The van der Waals surface area contributed by atoms with E-state index in [0.717, 1.165) is 37.7 Å². The molecule has 0 N–H and O–H groups in total. The van der Waals surface area contributed by atoms with Crippen LogP contribution < -0.4 is 9.47 Å². The van der Waals surface area contributed by atoms with Gasteiger partial charge in [-0.25, -0.2) is 0 Å². The summed E-state index contributed by atoms with van der Waals surface area (Å²) in [5.74, 6) is 1.91. The van der Waals surface area contributed by atoms with Crippen molar-refractivity contribution in [2.75, 3.05) is 45.9 Å². The average Bonchev–Trinajstić information content (AvgIpc) is 3.75. The Morgan fingerprint density at radius 2 is 1.44 bits per heavy atom. The van der Waals surface area contributed by atoms with E-state index >= 15 is 0 Å².